The normalized spacial score (nSPS) is 29.1. The average molecular weight is 359 g/mol. The van der Waals surface area contributed by atoms with Gasteiger partial charge in [-0.1, -0.05) is 0 Å². The van der Waals surface area contributed by atoms with Crippen molar-refractivity contribution in [3.63, 3.8) is 0 Å². The molecular weight excluding hydrogens is 339 g/mol. The molecule has 2 aromatic rings. The second-order valence-corrected chi connectivity index (χ2v) is 8.53. The molecule has 3 aliphatic rings. The van der Waals surface area contributed by atoms with Gasteiger partial charge in [0.05, 0.1) is 0 Å². The third-order valence-corrected chi connectivity index (χ3v) is 7.37. The fourth-order valence-electron chi connectivity index (χ4n) is 3.46. The quantitative estimate of drug-likeness (QED) is 0.789. The predicted molar refractivity (Wildman–Crippen MR) is 89.1 cm³/mol. The molecule has 0 radical (unpaired) electrons. The number of nitrogens with zero attached hydrogens (tertiary/aromatic N) is 2. The molecule has 0 spiro atoms. The summed E-state index contributed by atoms with van der Waals surface area (Å²) in [6.45, 7) is 4.47. The minimum absolute atomic E-state index is 0.446. The number of benzene rings is 1. The van der Waals surface area contributed by atoms with Crippen molar-refractivity contribution in [2.45, 2.75) is 24.7 Å². The second-order valence-electron chi connectivity index (χ2n) is 6.11. The molecule has 2 bridgehead atoms. The Labute approximate surface area is 137 Å². The van der Waals surface area contributed by atoms with Gasteiger partial charge in [-0.3, -0.25) is 0 Å². The van der Waals surface area contributed by atoms with E-state index in [-0.39, 0.29) is 0 Å². The van der Waals surface area contributed by atoms with Gasteiger partial charge in [-0.25, -0.2) is 0 Å². The zero-order valence-corrected chi connectivity index (χ0v) is 14.4. The van der Waals surface area contributed by atoms with E-state index in [4.69, 9.17) is 4.52 Å². The number of piperidine rings is 3. The number of aryl methyl sites for hydroxylation is 1. The van der Waals surface area contributed by atoms with E-state index in [1.165, 1.54) is 30.4 Å². The van der Waals surface area contributed by atoms with E-state index in [2.05, 4.69) is 46.5 Å². The zero-order valence-electron chi connectivity index (χ0n) is 12.7. The summed E-state index contributed by atoms with van der Waals surface area (Å²) in [5.74, 6) is 1.64. The van der Waals surface area contributed by atoms with Gasteiger partial charge >= 0.3 is 137 Å². The van der Waals surface area contributed by atoms with Crippen molar-refractivity contribution in [1.82, 2.24) is 10.1 Å². The summed E-state index contributed by atoms with van der Waals surface area (Å²) < 4.78 is 6.91. The monoisotopic (exact) mass is 360 g/mol. The van der Waals surface area contributed by atoms with Gasteiger partial charge < -0.3 is 0 Å². The minimum atomic E-state index is 0.446. The van der Waals surface area contributed by atoms with Gasteiger partial charge in [0, 0.05) is 0 Å². The van der Waals surface area contributed by atoms with E-state index in [0.29, 0.717) is 19.9 Å². The van der Waals surface area contributed by atoms with Crippen LogP contribution in [0.25, 0.3) is 6.08 Å². The van der Waals surface area contributed by atoms with Gasteiger partial charge in [0.1, 0.15) is 0 Å². The van der Waals surface area contributed by atoms with Crippen LogP contribution in [-0.4, -0.2) is 43.0 Å². The number of hydrogen-bond acceptors (Lipinski definition) is 3. The molecule has 1 aromatic carbocycles. The van der Waals surface area contributed by atoms with Crippen molar-refractivity contribution in [3.8, 4) is 0 Å². The van der Waals surface area contributed by atoms with Crippen molar-refractivity contribution in [2.75, 3.05) is 13.1 Å². The summed E-state index contributed by atoms with van der Waals surface area (Å²) in [6.07, 6.45) is 4.85. The second kappa shape index (κ2) is 6.04. The topological polar surface area (TPSA) is 29.3 Å². The van der Waals surface area contributed by atoms with Crippen LogP contribution in [0.15, 0.2) is 46.5 Å². The first-order valence-electron chi connectivity index (χ1n) is 7.90. The Morgan fingerprint density at radius 1 is 1.23 bits per heavy atom. The first kappa shape index (κ1) is 14.3. The Morgan fingerprint density at radius 2 is 2.00 bits per heavy atom. The van der Waals surface area contributed by atoms with E-state index in [1.807, 2.05) is 13.0 Å². The predicted octanol–water partition coefficient (Wildman–Crippen LogP) is 2.45. The fraction of sp³-hybridized carbons (Fsp3) is 0.389. The van der Waals surface area contributed by atoms with Crippen molar-refractivity contribution >= 4 is 25.5 Å². The van der Waals surface area contributed by atoms with Gasteiger partial charge in [0.25, 0.3) is 0 Å². The molecular formula is C18H20N2OSe. The van der Waals surface area contributed by atoms with Gasteiger partial charge in [-0.05, 0) is 0 Å². The fourth-order valence-corrected chi connectivity index (χ4v) is 6.24. The third kappa shape index (κ3) is 2.79. The summed E-state index contributed by atoms with van der Waals surface area (Å²) in [5.41, 5.74) is 2.52. The molecule has 5 rings (SSSR count). The first-order valence-corrected chi connectivity index (χ1v) is 9.75. The Balaban J connectivity index is 1.65. The molecule has 4 heterocycles. The first-order chi connectivity index (χ1) is 10.8. The molecule has 3 nitrogen and oxygen atoms in total. The number of fused-ring (bicyclic) bond motifs is 3. The molecule has 3 fully saturated rings. The molecule has 0 N–H and O–H groups in total. The van der Waals surface area contributed by atoms with Crippen LogP contribution in [0.1, 0.15) is 24.3 Å². The van der Waals surface area contributed by atoms with Crippen molar-refractivity contribution in [2.24, 2.45) is 5.92 Å². The molecule has 3 aliphatic heterocycles. The Hall–Kier alpha value is -1.35. The summed E-state index contributed by atoms with van der Waals surface area (Å²) in [5, 5.41) is 4.03. The summed E-state index contributed by atoms with van der Waals surface area (Å²) in [7, 11) is 0. The number of aromatic nitrogens is 1. The summed E-state index contributed by atoms with van der Waals surface area (Å²) >= 11 is 0.446. The van der Waals surface area contributed by atoms with E-state index in [9.17, 15) is 0 Å². The SMILES string of the molecule is Cc1cc(/C=C2/C3CCN(CC3)[C@@H]2[Se]c2ccccc2)on1. The Morgan fingerprint density at radius 3 is 2.68 bits per heavy atom. The van der Waals surface area contributed by atoms with Crippen LogP contribution in [0, 0.1) is 12.8 Å². The van der Waals surface area contributed by atoms with Crippen LogP contribution < -0.4 is 4.46 Å². The van der Waals surface area contributed by atoms with Gasteiger partial charge in [0.15, 0.2) is 0 Å². The van der Waals surface area contributed by atoms with E-state index >= 15 is 0 Å². The summed E-state index contributed by atoms with van der Waals surface area (Å²) in [6, 6.07) is 13.0. The van der Waals surface area contributed by atoms with E-state index in [0.717, 1.165) is 17.4 Å². The molecule has 0 unspecified atom stereocenters. The molecule has 4 heteroatoms. The van der Waals surface area contributed by atoms with Crippen molar-refractivity contribution in [3.05, 3.63) is 53.4 Å². The summed E-state index contributed by atoms with van der Waals surface area (Å²) in [4.78, 5) is 3.25. The van der Waals surface area contributed by atoms with Crippen LogP contribution in [0.3, 0.4) is 0 Å². The molecule has 1 aromatic heterocycles. The molecule has 0 aliphatic carbocycles. The van der Waals surface area contributed by atoms with Crippen molar-refractivity contribution < 1.29 is 4.52 Å². The van der Waals surface area contributed by atoms with Gasteiger partial charge in [-0.15, -0.1) is 0 Å². The number of rotatable bonds is 3. The molecule has 22 heavy (non-hydrogen) atoms. The van der Waals surface area contributed by atoms with Crippen LogP contribution in [0.2, 0.25) is 0 Å². The maximum atomic E-state index is 5.44. The molecule has 0 saturated carbocycles. The molecule has 114 valence electrons. The average Bonchev–Trinajstić information content (AvgIpc) is 2.97. The number of hydrogen-bond donors (Lipinski definition) is 0. The standard InChI is InChI=1S/C18H20N2OSe/c1-13-11-15(21-19-13)12-17-14-7-9-20(10-8-14)18(17)22-16-5-3-2-4-6-16/h2-6,11-12,14,18H,7-10H2,1H3/b17-12-/t18-/m1/s1. The Kier molecular flexibility index (Phi) is 3.91. The van der Waals surface area contributed by atoms with E-state index in [1.54, 1.807) is 5.57 Å². The molecule has 3 saturated heterocycles. The maximum absolute atomic E-state index is 5.44. The molecule has 1 atom stereocenters. The molecule has 0 amide bonds. The van der Waals surface area contributed by atoms with Crippen LogP contribution >= 0.6 is 0 Å². The van der Waals surface area contributed by atoms with Crippen LogP contribution in [0.4, 0.5) is 0 Å². The zero-order chi connectivity index (χ0) is 14.9. The van der Waals surface area contributed by atoms with Crippen LogP contribution in [0.5, 0.6) is 0 Å². The Bertz CT molecular complexity index is 671. The van der Waals surface area contributed by atoms with Gasteiger partial charge in [0.2, 0.25) is 0 Å². The van der Waals surface area contributed by atoms with Crippen molar-refractivity contribution in [1.29, 1.82) is 0 Å². The van der Waals surface area contributed by atoms with Gasteiger partial charge in [-0.2, -0.15) is 0 Å². The third-order valence-electron chi connectivity index (χ3n) is 4.56. The van der Waals surface area contributed by atoms with Crippen LogP contribution in [-0.2, 0) is 0 Å². The van der Waals surface area contributed by atoms with E-state index < -0.39 is 0 Å².